The van der Waals surface area contributed by atoms with Crippen molar-refractivity contribution in [3.63, 3.8) is 0 Å². The summed E-state index contributed by atoms with van der Waals surface area (Å²) in [4.78, 5) is 11.5. The smallest absolute Gasteiger partial charge is 0.258 e. The molecule has 18 heavy (non-hydrogen) atoms. The molecule has 4 nitrogen and oxygen atoms in total. The molecule has 1 fully saturated rings. The zero-order chi connectivity index (χ0) is 13.1. The number of benzene rings is 1. The summed E-state index contributed by atoms with van der Waals surface area (Å²) < 4.78 is 6.32. The van der Waals surface area contributed by atoms with E-state index in [1.54, 1.807) is 19.1 Å². The van der Waals surface area contributed by atoms with Gasteiger partial charge in [-0.1, -0.05) is 22.0 Å². The van der Waals surface area contributed by atoms with Crippen LogP contribution in [-0.4, -0.2) is 23.7 Å². The molecule has 1 aromatic rings. The molecular formula is C13H16BrNO3. The molecule has 0 heterocycles. The Morgan fingerprint density at radius 1 is 1.61 bits per heavy atom. The average Bonchev–Trinajstić information content (AvgIpc) is 3.10. The monoisotopic (exact) mass is 313 g/mol. The second-order valence-electron chi connectivity index (χ2n) is 4.49. The molecule has 1 amide bonds. The molecule has 5 heteroatoms. The van der Waals surface area contributed by atoms with Gasteiger partial charge in [0.2, 0.25) is 0 Å². The number of amides is 1. The predicted octanol–water partition coefficient (Wildman–Crippen LogP) is 2.16. The van der Waals surface area contributed by atoms with Gasteiger partial charge >= 0.3 is 0 Å². The average molecular weight is 314 g/mol. The maximum atomic E-state index is 11.5. The third-order valence-electron chi connectivity index (χ3n) is 2.73. The van der Waals surface area contributed by atoms with E-state index in [0.29, 0.717) is 17.4 Å². The fourth-order valence-electron chi connectivity index (χ4n) is 1.62. The lowest BCUT2D eigenvalue weighted by atomic mass is 10.1. The Morgan fingerprint density at radius 2 is 2.33 bits per heavy atom. The molecule has 2 N–H and O–H groups in total. The Labute approximate surface area is 114 Å². The highest BCUT2D eigenvalue weighted by atomic mass is 79.9. The van der Waals surface area contributed by atoms with Crippen molar-refractivity contribution in [2.75, 3.05) is 6.61 Å². The molecule has 0 unspecified atom stereocenters. The van der Waals surface area contributed by atoms with Crippen molar-refractivity contribution in [3.05, 3.63) is 28.2 Å². The highest BCUT2D eigenvalue weighted by Gasteiger charge is 2.23. The Hall–Kier alpha value is -1.07. The van der Waals surface area contributed by atoms with E-state index in [1.807, 2.05) is 6.07 Å². The molecule has 1 saturated carbocycles. The number of hydrogen-bond acceptors (Lipinski definition) is 3. The van der Waals surface area contributed by atoms with E-state index in [-0.39, 0.29) is 12.5 Å². The van der Waals surface area contributed by atoms with Gasteiger partial charge < -0.3 is 15.2 Å². The number of aliphatic hydroxyl groups excluding tert-OH is 1. The summed E-state index contributed by atoms with van der Waals surface area (Å²) in [6.07, 6.45) is 1.49. The van der Waals surface area contributed by atoms with Crippen LogP contribution in [0.3, 0.4) is 0 Å². The Morgan fingerprint density at radius 3 is 2.94 bits per heavy atom. The van der Waals surface area contributed by atoms with E-state index in [2.05, 4.69) is 21.2 Å². The molecule has 2 rings (SSSR count). The van der Waals surface area contributed by atoms with Crippen molar-refractivity contribution >= 4 is 21.8 Å². The van der Waals surface area contributed by atoms with Gasteiger partial charge in [0, 0.05) is 16.1 Å². The Bertz CT molecular complexity index is 444. The van der Waals surface area contributed by atoms with Gasteiger partial charge in [-0.15, -0.1) is 0 Å². The molecule has 1 atom stereocenters. The van der Waals surface area contributed by atoms with E-state index in [4.69, 9.17) is 4.74 Å². The van der Waals surface area contributed by atoms with Crippen molar-refractivity contribution < 1.29 is 14.6 Å². The number of ether oxygens (including phenoxy) is 1. The largest absolute Gasteiger partial charge is 0.483 e. The number of carbonyl (C=O) groups is 1. The van der Waals surface area contributed by atoms with E-state index in [1.165, 1.54) is 0 Å². The van der Waals surface area contributed by atoms with Gasteiger partial charge in [-0.25, -0.2) is 0 Å². The summed E-state index contributed by atoms with van der Waals surface area (Å²) in [6.45, 7) is 1.65. The fraction of sp³-hybridized carbons (Fsp3) is 0.462. The summed E-state index contributed by atoms with van der Waals surface area (Å²) in [7, 11) is 0. The van der Waals surface area contributed by atoms with Crippen LogP contribution in [0.25, 0.3) is 0 Å². The van der Waals surface area contributed by atoms with Crippen LogP contribution in [0, 0.1) is 0 Å². The lowest BCUT2D eigenvalue weighted by Crippen LogP contribution is -2.30. The fourth-order valence-corrected chi connectivity index (χ4v) is 1.96. The lowest BCUT2D eigenvalue weighted by Gasteiger charge is -2.13. The van der Waals surface area contributed by atoms with Crippen LogP contribution < -0.4 is 10.1 Å². The third kappa shape index (κ3) is 3.71. The summed E-state index contributed by atoms with van der Waals surface area (Å²) in [5.41, 5.74) is 0.678. The normalized spacial score (nSPS) is 16.2. The number of hydrogen-bond donors (Lipinski definition) is 2. The maximum Gasteiger partial charge on any atom is 0.258 e. The molecule has 0 saturated heterocycles. The molecule has 0 spiro atoms. The predicted molar refractivity (Wildman–Crippen MR) is 71.4 cm³/mol. The van der Waals surface area contributed by atoms with E-state index < -0.39 is 6.10 Å². The summed E-state index contributed by atoms with van der Waals surface area (Å²) in [5, 5.41) is 12.5. The Kier molecular flexibility index (Phi) is 4.24. The van der Waals surface area contributed by atoms with Gasteiger partial charge in [-0.05, 0) is 31.9 Å². The molecule has 98 valence electrons. The topological polar surface area (TPSA) is 58.6 Å². The van der Waals surface area contributed by atoms with Crippen LogP contribution in [0.1, 0.15) is 31.4 Å². The van der Waals surface area contributed by atoms with Crippen LogP contribution in [-0.2, 0) is 4.79 Å². The molecular weight excluding hydrogens is 298 g/mol. The second-order valence-corrected chi connectivity index (χ2v) is 5.40. The third-order valence-corrected chi connectivity index (χ3v) is 3.22. The summed E-state index contributed by atoms with van der Waals surface area (Å²) >= 11 is 3.34. The molecule has 0 radical (unpaired) electrons. The maximum absolute atomic E-state index is 11.5. The van der Waals surface area contributed by atoms with Crippen LogP contribution in [0.2, 0.25) is 0 Å². The number of aliphatic hydroxyl groups is 1. The number of halogens is 1. The number of rotatable bonds is 5. The van der Waals surface area contributed by atoms with Crippen molar-refractivity contribution in [1.29, 1.82) is 0 Å². The van der Waals surface area contributed by atoms with Gasteiger partial charge in [0.25, 0.3) is 5.91 Å². The number of nitrogens with one attached hydrogen (secondary N) is 1. The molecule has 1 aliphatic carbocycles. The second kappa shape index (κ2) is 5.71. The Balaban J connectivity index is 1.98. The quantitative estimate of drug-likeness (QED) is 0.875. The molecule has 0 aliphatic heterocycles. The standard InChI is InChI=1S/C13H16BrNO3/c1-8(16)11-5-2-9(14)6-12(11)18-7-13(17)15-10-3-4-10/h2,5-6,8,10,16H,3-4,7H2,1H3,(H,15,17)/t8-/m1/s1. The van der Waals surface area contributed by atoms with Crippen molar-refractivity contribution in [2.24, 2.45) is 0 Å². The molecule has 1 aromatic carbocycles. The highest BCUT2D eigenvalue weighted by Crippen LogP contribution is 2.28. The van der Waals surface area contributed by atoms with Gasteiger partial charge in [0.1, 0.15) is 5.75 Å². The first-order valence-electron chi connectivity index (χ1n) is 5.96. The summed E-state index contributed by atoms with van der Waals surface area (Å²) in [6, 6.07) is 5.70. The SMILES string of the molecule is C[C@@H](O)c1ccc(Br)cc1OCC(=O)NC1CC1. The van der Waals surface area contributed by atoms with Gasteiger partial charge in [-0.2, -0.15) is 0 Å². The van der Waals surface area contributed by atoms with Gasteiger partial charge in [0.05, 0.1) is 6.10 Å². The first kappa shape index (κ1) is 13.4. The van der Waals surface area contributed by atoms with E-state index >= 15 is 0 Å². The van der Waals surface area contributed by atoms with Gasteiger partial charge in [0.15, 0.2) is 6.61 Å². The molecule has 1 aliphatic rings. The molecule has 0 bridgehead atoms. The number of carbonyl (C=O) groups excluding carboxylic acids is 1. The van der Waals surface area contributed by atoms with Crippen molar-refractivity contribution in [2.45, 2.75) is 31.9 Å². The van der Waals surface area contributed by atoms with Crippen LogP contribution in [0.4, 0.5) is 0 Å². The summed E-state index contributed by atoms with van der Waals surface area (Å²) in [5.74, 6) is 0.416. The van der Waals surface area contributed by atoms with Gasteiger partial charge in [-0.3, -0.25) is 4.79 Å². The van der Waals surface area contributed by atoms with Crippen LogP contribution in [0.15, 0.2) is 22.7 Å². The first-order chi connectivity index (χ1) is 8.56. The van der Waals surface area contributed by atoms with Crippen LogP contribution in [0.5, 0.6) is 5.75 Å². The van der Waals surface area contributed by atoms with Crippen LogP contribution >= 0.6 is 15.9 Å². The minimum absolute atomic E-state index is 0.0212. The molecule has 0 aromatic heterocycles. The van der Waals surface area contributed by atoms with E-state index in [0.717, 1.165) is 17.3 Å². The minimum atomic E-state index is -0.625. The van der Waals surface area contributed by atoms with Crippen molar-refractivity contribution in [1.82, 2.24) is 5.32 Å². The zero-order valence-corrected chi connectivity index (χ0v) is 11.7. The lowest BCUT2D eigenvalue weighted by molar-refractivity contribution is -0.123. The highest BCUT2D eigenvalue weighted by molar-refractivity contribution is 9.10. The first-order valence-corrected chi connectivity index (χ1v) is 6.75. The van der Waals surface area contributed by atoms with E-state index in [9.17, 15) is 9.90 Å². The van der Waals surface area contributed by atoms with Crippen molar-refractivity contribution in [3.8, 4) is 5.75 Å². The minimum Gasteiger partial charge on any atom is -0.483 e. The zero-order valence-electron chi connectivity index (χ0n) is 10.1.